The fourth-order valence-electron chi connectivity index (χ4n) is 2.23. The second-order valence-corrected chi connectivity index (χ2v) is 6.10. The van der Waals surface area contributed by atoms with Crippen LogP contribution in [-0.2, 0) is 9.53 Å². The first-order valence-electron chi connectivity index (χ1n) is 6.87. The number of carboxylic acids is 1. The Kier molecular flexibility index (Phi) is 5.35. The molecular formula is C16H23NO4. The van der Waals surface area contributed by atoms with E-state index in [9.17, 15) is 9.59 Å². The molecule has 0 aliphatic carbocycles. The van der Waals surface area contributed by atoms with Gasteiger partial charge in [-0.2, -0.15) is 0 Å². The van der Waals surface area contributed by atoms with E-state index in [2.05, 4.69) is 5.32 Å². The summed E-state index contributed by atoms with van der Waals surface area (Å²) in [7, 11) is 0. The zero-order valence-corrected chi connectivity index (χ0v) is 13.2. The molecule has 1 atom stereocenters. The molecule has 0 bridgehead atoms. The molecule has 1 aromatic carbocycles. The van der Waals surface area contributed by atoms with E-state index in [1.807, 2.05) is 32.0 Å². The van der Waals surface area contributed by atoms with Gasteiger partial charge in [-0.05, 0) is 51.3 Å². The molecule has 0 aliphatic rings. The number of aliphatic carboxylic acids is 1. The third-order valence-electron chi connectivity index (χ3n) is 2.96. The van der Waals surface area contributed by atoms with Gasteiger partial charge in [-0.25, -0.2) is 4.79 Å². The molecule has 0 saturated heterocycles. The van der Waals surface area contributed by atoms with Gasteiger partial charge in [0.25, 0.3) is 0 Å². The average molecular weight is 293 g/mol. The molecule has 0 spiro atoms. The van der Waals surface area contributed by atoms with Gasteiger partial charge in [-0.15, -0.1) is 0 Å². The van der Waals surface area contributed by atoms with Crippen LogP contribution in [0, 0.1) is 13.8 Å². The average Bonchev–Trinajstić information content (AvgIpc) is 2.24. The van der Waals surface area contributed by atoms with Gasteiger partial charge in [0.05, 0.1) is 12.5 Å². The Bertz CT molecular complexity index is 511. The van der Waals surface area contributed by atoms with Crippen LogP contribution in [0.1, 0.15) is 49.9 Å². The predicted molar refractivity (Wildman–Crippen MR) is 80.3 cm³/mol. The first-order chi connectivity index (χ1) is 9.60. The second-order valence-electron chi connectivity index (χ2n) is 6.10. The molecule has 5 heteroatoms. The van der Waals surface area contributed by atoms with E-state index in [1.54, 1.807) is 20.8 Å². The lowest BCUT2D eigenvalue weighted by Gasteiger charge is -2.25. The molecule has 0 aliphatic heterocycles. The summed E-state index contributed by atoms with van der Waals surface area (Å²) in [6, 6.07) is 5.08. The Hall–Kier alpha value is -2.04. The van der Waals surface area contributed by atoms with Gasteiger partial charge in [-0.3, -0.25) is 4.79 Å². The SMILES string of the molecule is Cc1cccc(C)c1[C@@H](CC(=O)O)NC(=O)OC(C)(C)C. The van der Waals surface area contributed by atoms with Crippen molar-refractivity contribution in [3.8, 4) is 0 Å². The first kappa shape index (κ1) is 17.0. The van der Waals surface area contributed by atoms with Crippen molar-refractivity contribution in [2.24, 2.45) is 0 Å². The third kappa shape index (κ3) is 5.45. The van der Waals surface area contributed by atoms with E-state index in [4.69, 9.17) is 9.84 Å². The quantitative estimate of drug-likeness (QED) is 0.892. The summed E-state index contributed by atoms with van der Waals surface area (Å²) in [5, 5.41) is 11.7. The van der Waals surface area contributed by atoms with Crippen molar-refractivity contribution >= 4 is 12.1 Å². The number of alkyl carbamates (subject to hydrolysis) is 1. The van der Waals surface area contributed by atoms with Crippen LogP contribution in [0.25, 0.3) is 0 Å². The summed E-state index contributed by atoms with van der Waals surface area (Å²) >= 11 is 0. The Balaban J connectivity index is 3.01. The van der Waals surface area contributed by atoms with Crippen molar-refractivity contribution in [2.75, 3.05) is 0 Å². The molecule has 1 rings (SSSR count). The molecule has 0 aromatic heterocycles. The summed E-state index contributed by atoms with van der Waals surface area (Å²) < 4.78 is 5.21. The van der Waals surface area contributed by atoms with Gasteiger partial charge in [0, 0.05) is 0 Å². The minimum Gasteiger partial charge on any atom is -0.481 e. The van der Waals surface area contributed by atoms with E-state index in [-0.39, 0.29) is 6.42 Å². The topological polar surface area (TPSA) is 75.6 Å². The van der Waals surface area contributed by atoms with Crippen LogP contribution in [-0.4, -0.2) is 22.8 Å². The van der Waals surface area contributed by atoms with Gasteiger partial charge in [-0.1, -0.05) is 18.2 Å². The molecule has 0 unspecified atom stereocenters. The normalized spacial score (nSPS) is 12.6. The highest BCUT2D eigenvalue weighted by atomic mass is 16.6. The van der Waals surface area contributed by atoms with Crippen molar-refractivity contribution in [1.82, 2.24) is 5.32 Å². The number of carbonyl (C=O) groups excluding carboxylic acids is 1. The lowest BCUT2D eigenvalue weighted by Crippen LogP contribution is -2.36. The minimum atomic E-state index is -0.973. The number of aryl methyl sites for hydroxylation is 2. The van der Waals surface area contributed by atoms with Crippen molar-refractivity contribution in [2.45, 2.75) is 52.7 Å². The van der Waals surface area contributed by atoms with Crippen LogP contribution in [0.3, 0.4) is 0 Å². The van der Waals surface area contributed by atoms with E-state index in [0.29, 0.717) is 0 Å². The van der Waals surface area contributed by atoms with Crippen LogP contribution in [0.5, 0.6) is 0 Å². The number of carboxylic acid groups (broad SMARTS) is 1. The number of benzene rings is 1. The molecule has 5 nitrogen and oxygen atoms in total. The lowest BCUT2D eigenvalue weighted by atomic mass is 9.94. The summed E-state index contributed by atoms with van der Waals surface area (Å²) in [6.07, 6.45) is -0.804. The van der Waals surface area contributed by atoms with Crippen molar-refractivity contribution in [3.05, 3.63) is 34.9 Å². The largest absolute Gasteiger partial charge is 0.481 e. The standard InChI is InChI=1S/C16H23NO4/c1-10-7-6-8-11(2)14(10)12(9-13(18)19)17-15(20)21-16(3,4)5/h6-8,12H,9H2,1-5H3,(H,17,20)(H,18,19)/t12-/m1/s1. The Morgan fingerprint density at radius 1 is 1.24 bits per heavy atom. The molecule has 116 valence electrons. The first-order valence-corrected chi connectivity index (χ1v) is 6.87. The number of rotatable bonds is 4. The van der Waals surface area contributed by atoms with Crippen LogP contribution in [0.15, 0.2) is 18.2 Å². The second kappa shape index (κ2) is 6.61. The number of nitrogens with one attached hydrogen (secondary N) is 1. The highest BCUT2D eigenvalue weighted by molar-refractivity contribution is 5.72. The van der Waals surface area contributed by atoms with E-state index in [0.717, 1.165) is 16.7 Å². The maximum absolute atomic E-state index is 11.9. The molecule has 21 heavy (non-hydrogen) atoms. The molecule has 1 aromatic rings. The number of hydrogen-bond donors (Lipinski definition) is 2. The summed E-state index contributed by atoms with van der Waals surface area (Å²) in [6.45, 7) is 9.08. The zero-order valence-electron chi connectivity index (χ0n) is 13.2. The lowest BCUT2D eigenvalue weighted by molar-refractivity contribution is -0.137. The molecule has 0 heterocycles. The van der Waals surface area contributed by atoms with Crippen LogP contribution in [0.4, 0.5) is 4.79 Å². The molecule has 0 radical (unpaired) electrons. The zero-order chi connectivity index (χ0) is 16.2. The van der Waals surface area contributed by atoms with Crippen molar-refractivity contribution in [1.29, 1.82) is 0 Å². The highest BCUT2D eigenvalue weighted by Crippen LogP contribution is 2.25. The molecule has 0 fully saturated rings. The summed E-state index contributed by atoms with van der Waals surface area (Å²) in [5.41, 5.74) is 2.08. The van der Waals surface area contributed by atoms with Crippen LogP contribution < -0.4 is 5.32 Å². The fraction of sp³-hybridized carbons (Fsp3) is 0.500. The highest BCUT2D eigenvalue weighted by Gasteiger charge is 2.24. The monoisotopic (exact) mass is 293 g/mol. The molecule has 0 saturated carbocycles. The van der Waals surface area contributed by atoms with Crippen molar-refractivity contribution < 1.29 is 19.4 Å². The fourth-order valence-corrected chi connectivity index (χ4v) is 2.23. The molecule has 2 N–H and O–H groups in total. The van der Waals surface area contributed by atoms with Gasteiger partial charge in [0.2, 0.25) is 0 Å². The van der Waals surface area contributed by atoms with E-state index >= 15 is 0 Å². The number of ether oxygens (including phenoxy) is 1. The smallest absolute Gasteiger partial charge is 0.408 e. The minimum absolute atomic E-state index is 0.190. The van der Waals surface area contributed by atoms with Crippen LogP contribution >= 0.6 is 0 Å². The Morgan fingerprint density at radius 2 is 1.76 bits per heavy atom. The molecular weight excluding hydrogens is 270 g/mol. The van der Waals surface area contributed by atoms with E-state index < -0.39 is 23.7 Å². The maximum atomic E-state index is 11.9. The number of amides is 1. The summed E-state index contributed by atoms with van der Waals surface area (Å²) in [5.74, 6) is -0.973. The van der Waals surface area contributed by atoms with Gasteiger partial charge in [0.1, 0.15) is 5.60 Å². The maximum Gasteiger partial charge on any atom is 0.408 e. The van der Waals surface area contributed by atoms with Crippen LogP contribution in [0.2, 0.25) is 0 Å². The van der Waals surface area contributed by atoms with Gasteiger partial charge in [0.15, 0.2) is 0 Å². The van der Waals surface area contributed by atoms with E-state index in [1.165, 1.54) is 0 Å². The Morgan fingerprint density at radius 3 is 2.19 bits per heavy atom. The third-order valence-corrected chi connectivity index (χ3v) is 2.96. The predicted octanol–water partition coefficient (Wildman–Crippen LogP) is 3.34. The molecule has 1 amide bonds. The number of hydrogen-bond acceptors (Lipinski definition) is 3. The Labute approximate surface area is 125 Å². The summed E-state index contributed by atoms with van der Waals surface area (Å²) in [4.78, 5) is 23.0. The van der Waals surface area contributed by atoms with Crippen molar-refractivity contribution in [3.63, 3.8) is 0 Å². The number of carbonyl (C=O) groups is 2. The van der Waals surface area contributed by atoms with Gasteiger partial charge >= 0.3 is 12.1 Å². The van der Waals surface area contributed by atoms with Gasteiger partial charge < -0.3 is 15.2 Å².